The summed E-state index contributed by atoms with van der Waals surface area (Å²) in [5.41, 5.74) is 6.21. The molecule has 2 aromatic heterocycles. The molecule has 4 aromatic rings. The Morgan fingerprint density at radius 1 is 0.800 bits per heavy atom. The van der Waals surface area contributed by atoms with Gasteiger partial charge in [-0.3, -0.25) is 0 Å². The Bertz CT molecular complexity index is 1120. The minimum Gasteiger partial charge on any atom is -0.230 e. The molecule has 0 radical (unpaired) electrons. The molecule has 25 heavy (non-hydrogen) atoms. The smallest absolute Gasteiger partial charge is 0.230 e. The summed E-state index contributed by atoms with van der Waals surface area (Å²) in [6.07, 6.45) is 6.54. The molecular weight excluding hydrogens is 306 g/mol. The summed E-state index contributed by atoms with van der Waals surface area (Å²) in [4.78, 5) is 0. The number of nitrogens with zero attached hydrogens (tertiary/aromatic N) is 3. The van der Waals surface area contributed by atoms with Crippen LogP contribution in [-0.4, -0.2) is 4.57 Å². The summed E-state index contributed by atoms with van der Waals surface area (Å²) in [5.74, 6) is 1.27. The zero-order valence-corrected chi connectivity index (χ0v) is 13.9. The number of aryl methyl sites for hydroxylation is 1. The average molecular weight is 323 g/mol. The number of hydrogen-bond donors (Lipinski definition) is 0. The molecule has 2 aliphatic rings. The first-order valence-corrected chi connectivity index (χ1v) is 8.62. The molecule has 0 bridgehead atoms. The Morgan fingerprint density at radius 2 is 1.56 bits per heavy atom. The maximum atomic E-state index is 2.44. The van der Waals surface area contributed by atoms with Gasteiger partial charge in [0.25, 0.3) is 0 Å². The van der Waals surface area contributed by atoms with E-state index in [4.69, 9.17) is 0 Å². The first-order chi connectivity index (χ1) is 12.3. The van der Waals surface area contributed by atoms with Gasteiger partial charge in [0.2, 0.25) is 5.69 Å². The van der Waals surface area contributed by atoms with Gasteiger partial charge in [-0.15, -0.1) is 0 Å². The van der Waals surface area contributed by atoms with Crippen LogP contribution in [-0.2, 0) is 12.6 Å². The van der Waals surface area contributed by atoms with Crippen molar-refractivity contribution in [3.05, 3.63) is 102 Å². The van der Waals surface area contributed by atoms with E-state index in [0.717, 1.165) is 0 Å². The van der Waals surface area contributed by atoms with E-state index in [9.17, 15) is 0 Å². The number of fused-ring (bicyclic) bond motifs is 10. The third kappa shape index (κ3) is 1.31. The number of para-hydroxylation sites is 1. The molecule has 2 aromatic carbocycles. The molecule has 0 fully saturated rings. The Balaban J connectivity index is 1.90. The fourth-order valence-corrected chi connectivity index (χ4v) is 4.82. The second-order valence-corrected chi connectivity index (χ2v) is 6.83. The number of imidazole rings is 1. The van der Waals surface area contributed by atoms with E-state index in [2.05, 4.69) is 106 Å². The highest BCUT2D eigenvalue weighted by Gasteiger charge is 2.65. The van der Waals surface area contributed by atoms with Crippen LogP contribution in [0.5, 0.6) is 0 Å². The van der Waals surface area contributed by atoms with Crippen molar-refractivity contribution in [3.8, 4) is 16.9 Å². The Labute approximate surface area is 146 Å². The molecule has 3 heteroatoms. The van der Waals surface area contributed by atoms with Crippen molar-refractivity contribution in [2.75, 3.05) is 0 Å². The molecule has 2 aliphatic heterocycles. The number of pyridine rings is 1. The topological polar surface area (TPSA) is 12.7 Å². The summed E-state index contributed by atoms with van der Waals surface area (Å²) in [5, 5.41) is 0. The lowest BCUT2D eigenvalue weighted by molar-refractivity contribution is -0.762. The van der Waals surface area contributed by atoms with Gasteiger partial charge >= 0.3 is 11.4 Å². The zero-order valence-electron chi connectivity index (χ0n) is 13.9. The van der Waals surface area contributed by atoms with Crippen molar-refractivity contribution in [1.29, 1.82) is 0 Å². The van der Waals surface area contributed by atoms with Crippen LogP contribution in [0.1, 0.15) is 17.0 Å². The quantitative estimate of drug-likeness (QED) is 0.381. The van der Waals surface area contributed by atoms with Crippen molar-refractivity contribution in [3.63, 3.8) is 0 Å². The van der Waals surface area contributed by atoms with E-state index in [-0.39, 0.29) is 5.54 Å². The van der Waals surface area contributed by atoms with Gasteiger partial charge in [-0.25, -0.2) is 4.57 Å². The maximum absolute atomic E-state index is 2.44. The summed E-state index contributed by atoms with van der Waals surface area (Å²) < 4.78 is 7.03. The molecule has 0 aliphatic carbocycles. The normalized spacial score (nSPS) is 18.8. The molecule has 3 nitrogen and oxygen atoms in total. The summed E-state index contributed by atoms with van der Waals surface area (Å²) in [7, 11) is 2.14. The molecule has 1 spiro atoms. The van der Waals surface area contributed by atoms with E-state index < -0.39 is 0 Å². The first kappa shape index (κ1) is 13.1. The average Bonchev–Trinajstić information content (AvgIpc) is 3.28. The molecular formula is C22H17N3+2. The third-order valence-corrected chi connectivity index (χ3v) is 5.69. The van der Waals surface area contributed by atoms with E-state index in [1.165, 1.54) is 33.9 Å². The SMILES string of the molecule is C[n+]1ccn2c1C1(c3ccccc3-c3cccc[n+]31)c1ccccc1-2. The van der Waals surface area contributed by atoms with Gasteiger partial charge in [0, 0.05) is 12.1 Å². The lowest BCUT2D eigenvalue weighted by Crippen LogP contribution is -2.59. The van der Waals surface area contributed by atoms with Crippen LogP contribution < -0.4 is 9.13 Å². The third-order valence-electron chi connectivity index (χ3n) is 5.69. The molecule has 0 saturated carbocycles. The van der Waals surface area contributed by atoms with Crippen LogP contribution in [0.4, 0.5) is 0 Å². The minimum absolute atomic E-state index is 0.317. The van der Waals surface area contributed by atoms with Crippen molar-refractivity contribution >= 4 is 0 Å². The van der Waals surface area contributed by atoms with E-state index in [0.29, 0.717) is 0 Å². The lowest BCUT2D eigenvalue weighted by Gasteiger charge is -2.18. The highest BCUT2D eigenvalue weighted by atomic mass is 15.3. The van der Waals surface area contributed by atoms with Gasteiger partial charge in [0.1, 0.15) is 18.1 Å². The number of aromatic nitrogens is 3. The Morgan fingerprint density at radius 3 is 2.48 bits per heavy atom. The van der Waals surface area contributed by atoms with E-state index >= 15 is 0 Å². The first-order valence-electron chi connectivity index (χ1n) is 8.62. The molecule has 1 unspecified atom stereocenters. The van der Waals surface area contributed by atoms with E-state index in [1.807, 2.05) is 0 Å². The molecule has 0 N–H and O–H groups in total. The summed E-state index contributed by atoms with van der Waals surface area (Å²) in [6.45, 7) is 0. The van der Waals surface area contributed by atoms with Gasteiger partial charge in [-0.05, 0) is 24.3 Å². The van der Waals surface area contributed by atoms with Gasteiger partial charge in [-0.1, -0.05) is 30.3 Å². The summed E-state index contributed by atoms with van der Waals surface area (Å²) in [6, 6.07) is 24.1. The standard InChI is InChI=1S/C22H17N3/c1-23-14-15-24-20-12-5-4-10-18(20)22(21(23)24)17-9-3-2-8-16(17)19-11-6-7-13-25(19)22/h2-15H,1H3/q+2. The van der Waals surface area contributed by atoms with Crippen molar-refractivity contribution in [2.24, 2.45) is 7.05 Å². The molecule has 4 heterocycles. The van der Waals surface area contributed by atoms with Crippen LogP contribution in [0.3, 0.4) is 0 Å². The van der Waals surface area contributed by atoms with Crippen LogP contribution in [0.2, 0.25) is 0 Å². The van der Waals surface area contributed by atoms with Gasteiger partial charge < -0.3 is 0 Å². The fourth-order valence-electron chi connectivity index (χ4n) is 4.82. The zero-order chi connectivity index (χ0) is 16.6. The molecule has 118 valence electrons. The van der Waals surface area contributed by atoms with Gasteiger partial charge in [0.05, 0.1) is 23.7 Å². The van der Waals surface area contributed by atoms with Crippen molar-refractivity contribution in [2.45, 2.75) is 5.54 Å². The maximum Gasteiger partial charge on any atom is 0.345 e. The molecule has 6 rings (SSSR count). The number of hydrogen-bond acceptors (Lipinski definition) is 0. The number of rotatable bonds is 0. The van der Waals surface area contributed by atoms with Crippen LogP contribution in [0.15, 0.2) is 85.3 Å². The largest absolute Gasteiger partial charge is 0.345 e. The monoisotopic (exact) mass is 323 g/mol. The minimum atomic E-state index is -0.317. The fraction of sp³-hybridized carbons (Fsp3) is 0.0909. The van der Waals surface area contributed by atoms with Gasteiger partial charge in [0.15, 0.2) is 6.20 Å². The van der Waals surface area contributed by atoms with Gasteiger partial charge in [-0.2, -0.15) is 9.13 Å². The second kappa shape index (κ2) is 4.25. The molecule has 0 saturated heterocycles. The molecule has 0 amide bonds. The highest BCUT2D eigenvalue weighted by Crippen LogP contribution is 2.50. The lowest BCUT2D eigenvalue weighted by atomic mass is 9.83. The predicted molar refractivity (Wildman–Crippen MR) is 94.3 cm³/mol. The number of benzene rings is 2. The Kier molecular flexibility index (Phi) is 2.23. The highest BCUT2D eigenvalue weighted by molar-refractivity contribution is 5.72. The molecule has 1 atom stereocenters. The van der Waals surface area contributed by atoms with Crippen molar-refractivity contribution in [1.82, 2.24) is 4.57 Å². The summed E-state index contributed by atoms with van der Waals surface area (Å²) >= 11 is 0. The van der Waals surface area contributed by atoms with Crippen LogP contribution in [0, 0.1) is 0 Å². The van der Waals surface area contributed by atoms with Crippen LogP contribution >= 0.6 is 0 Å². The Hall–Kier alpha value is -3.20. The van der Waals surface area contributed by atoms with Crippen LogP contribution in [0.25, 0.3) is 16.9 Å². The van der Waals surface area contributed by atoms with Crippen molar-refractivity contribution < 1.29 is 9.13 Å². The second-order valence-electron chi connectivity index (χ2n) is 6.83. The predicted octanol–water partition coefficient (Wildman–Crippen LogP) is 2.72. The van der Waals surface area contributed by atoms with E-state index in [1.54, 1.807) is 0 Å².